The van der Waals surface area contributed by atoms with Crippen LogP contribution in [0.1, 0.15) is 18.4 Å². The highest BCUT2D eigenvalue weighted by atomic mass is 32.1. The second-order valence-electron chi connectivity index (χ2n) is 5.01. The SMILES string of the molecule is Cc1cnc2c(c1)[nH]c(=S)n2CC1CCCOC1. The van der Waals surface area contributed by atoms with Crippen molar-refractivity contribution in [2.24, 2.45) is 5.92 Å². The molecule has 1 unspecified atom stereocenters. The highest BCUT2D eigenvalue weighted by molar-refractivity contribution is 7.71. The number of rotatable bonds is 2. The van der Waals surface area contributed by atoms with Crippen molar-refractivity contribution in [2.45, 2.75) is 26.3 Å². The number of fused-ring (bicyclic) bond motifs is 1. The van der Waals surface area contributed by atoms with Gasteiger partial charge in [-0.3, -0.25) is 0 Å². The van der Waals surface area contributed by atoms with E-state index < -0.39 is 0 Å². The van der Waals surface area contributed by atoms with Gasteiger partial charge < -0.3 is 14.3 Å². The third-order valence-corrected chi connectivity index (χ3v) is 3.76. The number of aryl methyl sites for hydroxylation is 1. The lowest BCUT2D eigenvalue weighted by atomic mass is 10.0. The Labute approximate surface area is 111 Å². The van der Waals surface area contributed by atoms with Crippen LogP contribution in [0.4, 0.5) is 0 Å². The van der Waals surface area contributed by atoms with Gasteiger partial charge in [0.25, 0.3) is 0 Å². The molecule has 1 aliphatic heterocycles. The highest BCUT2D eigenvalue weighted by Crippen LogP contribution is 2.19. The summed E-state index contributed by atoms with van der Waals surface area (Å²) in [4.78, 5) is 7.72. The van der Waals surface area contributed by atoms with E-state index in [0.717, 1.165) is 47.7 Å². The normalized spacial score (nSPS) is 20.4. The molecule has 3 rings (SSSR count). The quantitative estimate of drug-likeness (QED) is 0.847. The minimum atomic E-state index is 0.549. The van der Waals surface area contributed by atoms with E-state index in [4.69, 9.17) is 17.0 Å². The molecule has 0 aromatic carbocycles. The summed E-state index contributed by atoms with van der Waals surface area (Å²) >= 11 is 5.39. The molecule has 96 valence electrons. The number of nitrogens with one attached hydrogen (secondary N) is 1. The summed E-state index contributed by atoms with van der Waals surface area (Å²) in [6.45, 7) is 4.66. The van der Waals surface area contributed by atoms with E-state index in [-0.39, 0.29) is 0 Å². The largest absolute Gasteiger partial charge is 0.381 e. The highest BCUT2D eigenvalue weighted by Gasteiger charge is 2.16. The van der Waals surface area contributed by atoms with Crippen molar-refractivity contribution in [3.63, 3.8) is 0 Å². The van der Waals surface area contributed by atoms with Crippen LogP contribution in [0.15, 0.2) is 12.3 Å². The molecular weight excluding hydrogens is 246 g/mol. The molecule has 0 radical (unpaired) electrons. The molecule has 2 aromatic heterocycles. The summed E-state index contributed by atoms with van der Waals surface area (Å²) in [5.41, 5.74) is 3.12. The third-order valence-electron chi connectivity index (χ3n) is 3.44. The van der Waals surface area contributed by atoms with Crippen LogP contribution in [-0.2, 0) is 11.3 Å². The van der Waals surface area contributed by atoms with Gasteiger partial charge in [-0.2, -0.15) is 0 Å². The van der Waals surface area contributed by atoms with Crippen LogP contribution in [0.3, 0.4) is 0 Å². The lowest BCUT2D eigenvalue weighted by Gasteiger charge is -2.22. The molecule has 0 amide bonds. The van der Waals surface area contributed by atoms with Gasteiger partial charge in [0, 0.05) is 25.3 Å². The number of nitrogens with zero attached hydrogens (tertiary/aromatic N) is 2. The van der Waals surface area contributed by atoms with Gasteiger partial charge in [0.1, 0.15) is 0 Å². The topological polar surface area (TPSA) is 42.8 Å². The van der Waals surface area contributed by atoms with Gasteiger partial charge in [-0.05, 0) is 43.6 Å². The minimum absolute atomic E-state index is 0.549. The molecule has 0 spiro atoms. The fraction of sp³-hybridized carbons (Fsp3) is 0.538. The maximum Gasteiger partial charge on any atom is 0.179 e. The van der Waals surface area contributed by atoms with E-state index in [2.05, 4.69) is 20.6 Å². The predicted molar refractivity (Wildman–Crippen MR) is 73.2 cm³/mol. The van der Waals surface area contributed by atoms with Gasteiger partial charge in [-0.25, -0.2) is 4.98 Å². The molecule has 18 heavy (non-hydrogen) atoms. The zero-order chi connectivity index (χ0) is 12.5. The Hall–Kier alpha value is -1.20. The molecule has 1 fully saturated rings. The standard InChI is InChI=1S/C13H17N3OS/c1-9-5-11-12(14-6-9)16(13(18)15-11)7-10-3-2-4-17-8-10/h5-6,10H,2-4,7-8H2,1H3,(H,15,18). The first-order valence-electron chi connectivity index (χ1n) is 6.37. The van der Waals surface area contributed by atoms with Crippen LogP contribution in [0.5, 0.6) is 0 Å². The number of pyridine rings is 1. The van der Waals surface area contributed by atoms with E-state index in [1.165, 1.54) is 6.42 Å². The van der Waals surface area contributed by atoms with Gasteiger partial charge >= 0.3 is 0 Å². The molecule has 5 heteroatoms. The first kappa shape index (κ1) is 11.9. The smallest absolute Gasteiger partial charge is 0.179 e. The van der Waals surface area contributed by atoms with Gasteiger partial charge in [-0.15, -0.1) is 0 Å². The van der Waals surface area contributed by atoms with Crippen molar-refractivity contribution in [3.05, 3.63) is 22.6 Å². The van der Waals surface area contributed by atoms with E-state index in [0.29, 0.717) is 5.92 Å². The molecule has 0 bridgehead atoms. The number of hydrogen-bond acceptors (Lipinski definition) is 3. The Morgan fingerprint density at radius 1 is 1.61 bits per heavy atom. The monoisotopic (exact) mass is 263 g/mol. The van der Waals surface area contributed by atoms with Crippen LogP contribution < -0.4 is 0 Å². The van der Waals surface area contributed by atoms with Gasteiger partial charge in [-0.1, -0.05) is 0 Å². The molecule has 1 N–H and O–H groups in total. The van der Waals surface area contributed by atoms with Crippen LogP contribution >= 0.6 is 12.2 Å². The summed E-state index contributed by atoms with van der Waals surface area (Å²) in [6, 6.07) is 2.09. The van der Waals surface area contributed by atoms with Crippen LogP contribution in [-0.4, -0.2) is 27.7 Å². The fourth-order valence-corrected chi connectivity index (χ4v) is 2.80. The first-order valence-corrected chi connectivity index (χ1v) is 6.78. The number of ether oxygens (including phenoxy) is 1. The molecule has 1 aliphatic rings. The van der Waals surface area contributed by atoms with Crippen molar-refractivity contribution in [1.82, 2.24) is 14.5 Å². The van der Waals surface area contributed by atoms with E-state index in [1.807, 2.05) is 13.1 Å². The molecule has 4 nitrogen and oxygen atoms in total. The Morgan fingerprint density at radius 2 is 2.50 bits per heavy atom. The minimum Gasteiger partial charge on any atom is -0.381 e. The molecule has 0 aliphatic carbocycles. The number of H-pyrrole nitrogens is 1. The number of aromatic nitrogens is 3. The van der Waals surface area contributed by atoms with E-state index in [1.54, 1.807) is 0 Å². The Morgan fingerprint density at radius 3 is 3.28 bits per heavy atom. The lowest BCUT2D eigenvalue weighted by molar-refractivity contribution is 0.0486. The van der Waals surface area contributed by atoms with Crippen LogP contribution in [0.2, 0.25) is 0 Å². The molecule has 1 atom stereocenters. The number of imidazole rings is 1. The summed E-state index contributed by atoms with van der Waals surface area (Å²) in [6.07, 6.45) is 4.24. The molecule has 1 saturated heterocycles. The Kier molecular flexibility index (Phi) is 3.18. The van der Waals surface area contributed by atoms with Crippen molar-refractivity contribution >= 4 is 23.4 Å². The zero-order valence-electron chi connectivity index (χ0n) is 10.5. The van der Waals surface area contributed by atoms with Crippen molar-refractivity contribution in [1.29, 1.82) is 0 Å². The maximum atomic E-state index is 5.52. The van der Waals surface area contributed by atoms with Gasteiger partial charge in [0.2, 0.25) is 0 Å². The fourth-order valence-electron chi connectivity index (χ4n) is 2.53. The lowest BCUT2D eigenvalue weighted by Crippen LogP contribution is -2.22. The summed E-state index contributed by atoms with van der Waals surface area (Å²) < 4.78 is 8.38. The summed E-state index contributed by atoms with van der Waals surface area (Å²) in [7, 11) is 0. The predicted octanol–water partition coefficient (Wildman–Crippen LogP) is 2.83. The molecule has 0 saturated carbocycles. The molecule has 3 heterocycles. The average molecular weight is 263 g/mol. The van der Waals surface area contributed by atoms with Crippen LogP contribution in [0, 0.1) is 17.6 Å². The van der Waals surface area contributed by atoms with Crippen molar-refractivity contribution in [3.8, 4) is 0 Å². The third kappa shape index (κ3) is 2.20. The maximum absolute atomic E-state index is 5.52. The van der Waals surface area contributed by atoms with Crippen molar-refractivity contribution in [2.75, 3.05) is 13.2 Å². The van der Waals surface area contributed by atoms with E-state index in [9.17, 15) is 0 Å². The Bertz CT molecular complexity index is 610. The second kappa shape index (κ2) is 4.82. The number of hydrogen-bond donors (Lipinski definition) is 1. The second-order valence-corrected chi connectivity index (χ2v) is 5.39. The molecular formula is C13H17N3OS. The average Bonchev–Trinajstić information content (AvgIpc) is 2.66. The number of aromatic amines is 1. The zero-order valence-corrected chi connectivity index (χ0v) is 11.3. The molecule has 2 aromatic rings. The van der Waals surface area contributed by atoms with Crippen molar-refractivity contribution < 1.29 is 4.74 Å². The van der Waals surface area contributed by atoms with E-state index >= 15 is 0 Å². The van der Waals surface area contributed by atoms with Crippen LogP contribution in [0.25, 0.3) is 11.2 Å². The first-order chi connectivity index (χ1) is 8.74. The van der Waals surface area contributed by atoms with Gasteiger partial charge in [0.05, 0.1) is 12.1 Å². The Balaban J connectivity index is 1.95. The summed E-state index contributed by atoms with van der Waals surface area (Å²) in [5, 5.41) is 0. The van der Waals surface area contributed by atoms with Gasteiger partial charge in [0.15, 0.2) is 10.4 Å². The summed E-state index contributed by atoms with van der Waals surface area (Å²) in [5.74, 6) is 0.549.